The number of phosphoric acid groups is 1. The van der Waals surface area contributed by atoms with Gasteiger partial charge in [-0.3, -0.25) is 9.36 Å². The molecule has 2 unspecified atom stereocenters. The zero-order valence-electron chi connectivity index (χ0n) is 33.5. The van der Waals surface area contributed by atoms with Crippen molar-refractivity contribution >= 4 is 13.7 Å². The summed E-state index contributed by atoms with van der Waals surface area (Å²) >= 11 is 0. The summed E-state index contributed by atoms with van der Waals surface area (Å²) in [6.07, 6.45) is 43.6. The molecule has 0 aromatic rings. The Balaban J connectivity index is 4.81. The fourth-order valence-corrected chi connectivity index (χ4v) is 5.41. The number of likely N-dealkylation sites (N-methyl/N-ethyl adjacent to an activating group) is 1. The molecule has 1 amide bonds. The highest BCUT2D eigenvalue weighted by atomic mass is 31.2. The Morgan fingerprint density at radius 3 is 1.94 bits per heavy atom. The Morgan fingerprint density at radius 2 is 1.32 bits per heavy atom. The highest BCUT2D eigenvalue weighted by molar-refractivity contribution is 7.45. The molecule has 0 spiro atoms. The molecule has 53 heavy (non-hydrogen) atoms. The molecule has 0 aliphatic rings. The minimum absolute atomic E-state index is 0.0254. The van der Waals surface area contributed by atoms with Gasteiger partial charge in [0.1, 0.15) is 13.2 Å². The first kappa shape index (κ1) is 50.4. The van der Waals surface area contributed by atoms with Gasteiger partial charge in [-0.1, -0.05) is 137 Å². The van der Waals surface area contributed by atoms with Crippen LogP contribution in [0.2, 0.25) is 0 Å². The molecule has 0 aliphatic heterocycles. The number of amides is 1. The molecule has 0 fully saturated rings. The van der Waals surface area contributed by atoms with Crippen LogP contribution in [0.15, 0.2) is 97.2 Å². The summed E-state index contributed by atoms with van der Waals surface area (Å²) < 4.78 is 23.0. The Labute approximate surface area is 322 Å². The molecule has 0 aromatic carbocycles. The van der Waals surface area contributed by atoms with Crippen LogP contribution in [0.3, 0.4) is 0 Å². The maximum Gasteiger partial charge on any atom is 0.268 e. The van der Waals surface area contributed by atoms with Crippen molar-refractivity contribution in [1.82, 2.24) is 5.32 Å². The second-order valence-corrected chi connectivity index (χ2v) is 15.5. The summed E-state index contributed by atoms with van der Waals surface area (Å²) in [5, 5.41) is 23.9. The Hall–Kier alpha value is -2.62. The van der Waals surface area contributed by atoms with Crippen LogP contribution in [-0.2, 0) is 18.4 Å². The molecule has 10 heteroatoms. The van der Waals surface area contributed by atoms with Crippen molar-refractivity contribution in [2.75, 3.05) is 40.9 Å². The first-order valence-electron chi connectivity index (χ1n) is 19.7. The lowest BCUT2D eigenvalue weighted by atomic mass is 10.1. The summed E-state index contributed by atoms with van der Waals surface area (Å²) in [5.41, 5.74) is 0. The van der Waals surface area contributed by atoms with Crippen molar-refractivity contribution in [2.24, 2.45) is 0 Å². The molecule has 0 saturated heterocycles. The van der Waals surface area contributed by atoms with Gasteiger partial charge in [0.25, 0.3) is 7.82 Å². The number of carbonyl (C=O) groups excluding carboxylic acids is 1. The van der Waals surface area contributed by atoms with E-state index in [9.17, 15) is 24.5 Å². The van der Waals surface area contributed by atoms with Crippen LogP contribution in [0.5, 0.6) is 0 Å². The number of hydrogen-bond acceptors (Lipinski definition) is 7. The molecule has 0 aromatic heterocycles. The van der Waals surface area contributed by atoms with Gasteiger partial charge in [-0.25, -0.2) is 0 Å². The number of nitrogens with one attached hydrogen (secondary N) is 1. The predicted molar refractivity (Wildman–Crippen MR) is 220 cm³/mol. The number of nitrogens with zero attached hydrogens (tertiary/aromatic N) is 1. The maximum atomic E-state index is 12.8. The number of quaternary nitrogens is 1. The van der Waals surface area contributed by atoms with E-state index in [0.29, 0.717) is 17.4 Å². The normalized spacial score (nSPS) is 16.2. The lowest BCUT2D eigenvalue weighted by molar-refractivity contribution is -0.870. The van der Waals surface area contributed by atoms with Gasteiger partial charge in [-0.05, 0) is 64.2 Å². The van der Waals surface area contributed by atoms with Gasteiger partial charge in [-0.15, -0.1) is 0 Å². The van der Waals surface area contributed by atoms with Gasteiger partial charge in [0, 0.05) is 6.42 Å². The van der Waals surface area contributed by atoms with Gasteiger partial charge in [0.05, 0.1) is 46.0 Å². The molecule has 0 rings (SSSR count). The summed E-state index contributed by atoms with van der Waals surface area (Å²) in [4.78, 5) is 25.2. The van der Waals surface area contributed by atoms with Gasteiger partial charge >= 0.3 is 0 Å². The van der Waals surface area contributed by atoms with Crippen LogP contribution in [0.25, 0.3) is 0 Å². The zero-order chi connectivity index (χ0) is 39.5. The van der Waals surface area contributed by atoms with Crippen molar-refractivity contribution in [3.8, 4) is 0 Å². The van der Waals surface area contributed by atoms with Gasteiger partial charge < -0.3 is 34.0 Å². The third-order valence-corrected chi connectivity index (χ3v) is 8.86. The van der Waals surface area contributed by atoms with Crippen molar-refractivity contribution in [1.29, 1.82) is 0 Å². The molecule has 302 valence electrons. The summed E-state index contributed by atoms with van der Waals surface area (Å²) in [7, 11) is 1.08. The average molecular weight is 761 g/mol. The predicted octanol–water partition coefficient (Wildman–Crippen LogP) is 8.74. The number of carbonyl (C=O) groups is 1. The third kappa shape index (κ3) is 36.1. The van der Waals surface area contributed by atoms with Crippen LogP contribution in [0, 0.1) is 0 Å². The highest BCUT2D eigenvalue weighted by Gasteiger charge is 2.23. The zero-order valence-corrected chi connectivity index (χ0v) is 34.4. The van der Waals surface area contributed by atoms with E-state index in [0.717, 1.165) is 44.9 Å². The Morgan fingerprint density at radius 1 is 0.736 bits per heavy atom. The minimum Gasteiger partial charge on any atom is -0.756 e. The number of allylic oxidation sites excluding steroid dienone is 14. The second-order valence-electron chi connectivity index (χ2n) is 14.1. The second kappa shape index (κ2) is 33.9. The lowest BCUT2D eigenvalue weighted by Crippen LogP contribution is -2.46. The summed E-state index contributed by atoms with van der Waals surface area (Å²) in [5.74, 6) is -0.443. The SMILES string of the molecule is CC/C=C\C/C=C\C/C=C\C/C=C\C/C=C\C=C/C(O)CCC(=O)N[C@@H](COP(=O)([O-])OCC[N+](C)(C)C)[C@H](O)/C=C/CC/C=C\CCCCCCC. The summed E-state index contributed by atoms with van der Waals surface area (Å²) in [6, 6.07) is -1.03. The maximum absolute atomic E-state index is 12.8. The van der Waals surface area contributed by atoms with E-state index in [4.69, 9.17) is 9.05 Å². The average Bonchev–Trinajstić information content (AvgIpc) is 3.10. The van der Waals surface area contributed by atoms with Crippen molar-refractivity contribution in [3.05, 3.63) is 97.2 Å². The standard InChI is InChI=1S/C43H73N2O7P/c1-6-8-10-12-14-16-18-19-20-21-22-24-25-27-29-31-33-40(46)35-36-43(48)44-41(39-52-53(49,50)51-38-37-45(3,4)5)42(47)34-32-30-28-26-23-17-15-13-11-9-7-2/h8,10,14,16,19-20,22-24,26-27,29,31-34,40-42,46-47H,6-7,9,11-13,15,17-18,21,25,28,30,35-39H2,1-5H3,(H-,44,48,49,50)/b10-8-,16-14-,20-19-,24-22-,26-23-,29-27-,33-31-,34-32+/t40?,41-,42+/m0/s1. The minimum atomic E-state index is -4.66. The van der Waals surface area contributed by atoms with Crippen LogP contribution in [0.4, 0.5) is 0 Å². The monoisotopic (exact) mass is 761 g/mol. The number of aliphatic hydroxyl groups is 2. The van der Waals surface area contributed by atoms with Gasteiger partial charge in [0.15, 0.2) is 0 Å². The molecular formula is C43H73N2O7P. The highest BCUT2D eigenvalue weighted by Crippen LogP contribution is 2.38. The molecule has 0 saturated carbocycles. The molecule has 9 nitrogen and oxygen atoms in total. The Bertz CT molecular complexity index is 1200. The first-order valence-corrected chi connectivity index (χ1v) is 21.2. The molecule has 0 radical (unpaired) electrons. The van der Waals surface area contributed by atoms with Crippen LogP contribution in [0.1, 0.15) is 110 Å². The van der Waals surface area contributed by atoms with Gasteiger partial charge in [0.2, 0.25) is 5.91 Å². The summed E-state index contributed by atoms with van der Waals surface area (Å²) in [6.45, 7) is 4.24. The van der Waals surface area contributed by atoms with E-state index in [2.05, 4.69) is 79.9 Å². The fourth-order valence-electron chi connectivity index (χ4n) is 4.68. The van der Waals surface area contributed by atoms with E-state index in [1.807, 2.05) is 39.4 Å². The largest absolute Gasteiger partial charge is 0.756 e. The van der Waals surface area contributed by atoms with Crippen molar-refractivity contribution in [3.63, 3.8) is 0 Å². The molecular weight excluding hydrogens is 687 g/mol. The first-order chi connectivity index (χ1) is 25.4. The van der Waals surface area contributed by atoms with Crippen LogP contribution < -0.4 is 10.2 Å². The smallest absolute Gasteiger partial charge is 0.268 e. The molecule has 0 bridgehead atoms. The van der Waals surface area contributed by atoms with Crippen LogP contribution in [-0.4, -0.2) is 79.8 Å². The Kier molecular flexibility index (Phi) is 32.2. The van der Waals surface area contributed by atoms with Crippen molar-refractivity contribution in [2.45, 2.75) is 128 Å². The topological polar surface area (TPSA) is 128 Å². The third-order valence-electron chi connectivity index (χ3n) is 7.90. The number of rotatable bonds is 33. The number of hydrogen-bond donors (Lipinski definition) is 3. The quantitative estimate of drug-likeness (QED) is 0.0201. The molecule has 0 aliphatic carbocycles. The number of unbranched alkanes of at least 4 members (excludes halogenated alkanes) is 6. The van der Waals surface area contributed by atoms with E-state index in [1.54, 1.807) is 18.2 Å². The van der Waals surface area contributed by atoms with Gasteiger partial charge in [-0.2, -0.15) is 0 Å². The van der Waals surface area contributed by atoms with E-state index >= 15 is 0 Å². The van der Waals surface area contributed by atoms with Crippen LogP contribution >= 0.6 is 7.82 Å². The number of phosphoric ester groups is 1. The molecule has 4 atom stereocenters. The van der Waals surface area contributed by atoms with E-state index < -0.39 is 38.6 Å². The molecule has 0 heterocycles. The van der Waals surface area contributed by atoms with Crippen molar-refractivity contribution < 1.29 is 38.0 Å². The van der Waals surface area contributed by atoms with E-state index in [1.165, 1.54) is 32.1 Å². The fraction of sp³-hybridized carbons (Fsp3) is 0.605. The van der Waals surface area contributed by atoms with E-state index in [-0.39, 0.29) is 19.4 Å². The number of aliphatic hydroxyl groups excluding tert-OH is 2. The lowest BCUT2D eigenvalue weighted by Gasteiger charge is -2.29. The molecule has 3 N–H and O–H groups in total.